The van der Waals surface area contributed by atoms with E-state index in [1.165, 1.54) is 48.6 Å². The molecule has 0 saturated carbocycles. The highest BCUT2D eigenvalue weighted by molar-refractivity contribution is 9.10. The Morgan fingerprint density at radius 3 is 2.53 bits per heavy atom. The highest BCUT2D eigenvalue weighted by Gasteiger charge is 2.10. The van der Waals surface area contributed by atoms with E-state index in [0.29, 0.717) is 6.04 Å². The Hall–Kier alpha value is -0.340. The summed E-state index contributed by atoms with van der Waals surface area (Å²) < 4.78 is 1.24. The Morgan fingerprint density at radius 1 is 1.05 bits per heavy atom. The highest BCUT2D eigenvalue weighted by atomic mass is 79.9. The molecule has 1 aromatic carbocycles. The number of unbranched alkanes of at least 4 members (excludes halogenated alkanes) is 3. The van der Waals surface area contributed by atoms with Gasteiger partial charge >= 0.3 is 0 Å². The first-order valence-electron chi connectivity index (χ1n) is 7.74. The summed E-state index contributed by atoms with van der Waals surface area (Å²) in [5.41, 5.74) is 1.42. The average Bonchev–Trinajstić information content (AvgIpc) is 2.43. The first-order valence-corrected chi connectivity index (χ1v) is 8.54. The summed E-state index contributed by atoms with van der Waals surface area (Å²) in [7, 11) is 0. The van der Waals surface area contributed by atoms with Crippen LogP contribution < -0.4 is 5.32 Å². The zero-order valence-electron chi connectivity index (χ0n) is 12.4. The van der Waals surface area contributed by atoms with E-state index in [2.05, 4.69) is 59.4 Å². The fraction of sp³-hybridized carbons (Fsp3) is 0.647. The van der Waals surface area contributed by atoms with Crippen molar-refractivity contribution in [3.05, 3.63) is 34.3 Å². The number of benzene rings is 1. The maximum Gasteiger partial charge on any atom is 0.0207 e. The van der Waals surface area contributed by atoms with Gasteiger partial charge in [-0.2, -0.15) is 0 Å². The molecule has 0 aliphatic heterocycles. The maximum absolute atomic E-state index is 3.70. The minimum absolute atomic E-state index is 0.621. The number of hydrogen-bond donors (Lipinski definition) is 1. The largest absolute Gasteiger partial charge is 0.314 e. The van der Waals surface area contributed by atoms with Gasteiger partial charge in [0.1, 0.15) is 0 Å². The summed E-state index contributed by atoms with van der Waals surface area (Å²) >= 11 is 3.66. The molecule has 0 fully saturated rings. The third-order valence-corrected chi connectivity index (χ3v) is 4.29. The summed E-state index contributed by atoms with van der Waals surface area (Å²) in [6.07, 6.45) is 9.04. The smallest absolute Gasteiger partial charge is 0.0207 e. The lowest BCUT2D eigenvalue weighted by Crippen LogP contribution is -2.31. The predicted octanol–water partition coefficient (Wildman–Crippen LogP) is 5.33. The second kappa shape index (κ2) is 10.4. The first-order chi connectivity index (χ1) is 9.27. The third-order valence-electron chi connectivity index (χ3n) is 3.51. The lowest BCUT2D eigenvalue weighted by molar-refractivity contribution is 0.452. The van der Waals surface area contributed by atoms with Gasteiger partial charge in [-0.3, -0.25) is 0 Å². The molecule has 0 bridgehead atoms. The molecule has 0 saturated heterocycles. The van der Waals surface area contributed by atoms with Crippen LogP contribution in [-0.4, -0.2) is 12.6 Å². The molecule has 2 heteroatoms. The fourth-order valence-electron chi connectivity index (χ4n) is 2.37. The molecule has 1 atom stereocenters. The summed E-state index contributed by atoms with van der Waals surface area (Å²) in [6, 6.07) is 9.22. The average molecular weight is 326 g/mol. The Balaban J connectivity index is 2.46. The maximum atomic E-state index is 3.70. The summed E-state index contributed by atoms with van der Waals surface area (Å²) in [4.78, 5) is 0. The quantitative estimate of drug-likeness (QED) is 0.573. The predicted molar refractivity (Wildman–Crippen MR) is 88.7 cm³/mol. The molecule has 0 aromatic heterocycles. The van der Waals surface area contributed by atoms with E-state index in [4.69, 9.17) is 0 Å². The van der Waals surface area contributed by atoms with E-state index in [-0.39, 0.29) is 0 Å². The molecule has 1 rings (SSSR count). The minimum atomic E-state index is 0.621. The molecule has 1 unspecified atom stereocenters. The fourth-order valence-corrected chi connectivity index (χ4v) is 2.82. The Bertz CT molecular complexity index is 338. The van der Waals surface area contributed by atoms with Gasteiger partial charge in [-0.05, 0) is 37.4 Å². The van der Waals surface area contributed by atoms with Gasteiger partial charge in [0, 0.05) is 10.5 Å². The van der Waals surface area contributed by atoms with Gasteiger partial charge in [0.15, 0.2) is 0 Å². The van der Waals surface area contributed by atoms with Crippen molar-refractivity contribution < 1.29 is 0 Å². The SMILES string of the molecule is CCCCCCC(Cc1ccccc1Br)NCCC. The molecule has 1 N–H and O–H groups in total. The molecule has 0 radical (unpaired) electrons. The van der Waals surface area contributed by atoms with E-state index in [1.807, 2.05) is 0 Å². The van der Waals surface area contributed by atoms with E-state index in [1.54, 1.807) is 0 Å². The second-order valence-electron chi connectivity index (χ2n) is 5.30. The molecule has 1 nitrogen and oxygen atoms in total. The molecule has 19 heavy (non-hydrogen) atoms. The van der Waals surface area contributed by atoms with Crippen LogP contribution in [0.4, 0.5) is 0 Å². The van der Waals surface area contributed by atoms with Crippen LogP contribution in [0.15, 0.2) is 28.7 Å². The molecular formula is C17H28BrN. The molecule has 0 amide bonds. The van der Waals surface area contributed by atoms with Crippen molar-refractivity contribution in [1.29, 1.82) is 0 Å². The van der Waals surface area contributed by atoms with Crippen LogP contribution in [-0.2, 0) is 6.42 Å². The van der Waals surface area contributed by atoms with Crippen molar-refractivity contribution >= 4 is 15.9 Å². The molecule has 0 spiro atoms. The standard InChI is InChI=1S/C17H28BrN/c1-3-5-6-7-11-16(19-13-4-2)14-15-10-8-9-12-17(15)18/h8-10,12,16,19H,3-7,11,13-14H2,1-2H3. The molecule has 0 aliphatic rings. The molecule has 1 aromatic rings. The number of halogens is 1. The lowest BCUT2D eigenvalue weighted by Gasteiger charge is -2.19. The molecule has 0 heterocycles. The van der Waals surface area contributed by atoms with Gasteiger partial charge < -0.3 is 5.32 Å². The highest BCUT2D eigenvalue weighted by Crippen LogP contribution is 2.19. The van der Waals surface area contributed by atoms with Crippen molar-refractivity contribution in [2.24, 2.45) is 0 Å². The normalized spacial score (nSPS) is 12.6. The Kier molecular flexibility index (Phi) is 9.19. The van der Waals surface area contributed by atoms with Crippen LogP contribution in [0.2, 0.25) is 0 Å². The van der Waals surface area contributed by atoms with E-state index >= 15 is 0 Å². The van der Waals surface area contributed by atoms with Crippen molar-refractivity contribution in [3.63, 3.8) is 0 Å². The monoisotopic (exact) mass is 325 g/mol. The van der Waals surface area contributed by atoms with Gasteiger partial charge in [-0.1, -0.05) is 73.7 Å². The van der Waals surface area contributed by atoms with Crippen LogP contribution in [0.5, 0.6) is 0 Å². The third kappa shape index (κ3) is 7.12. The van der Waals surface area contributed by atoms with E-state index in [0.717, 1.165) is 13.0 Å². The Morgan fingerprint density at radius 2 is 1.84 bits per heavy atom. The van der Waals surface area contributed by atoms with Gasteiger partial charge in [0.05, 0.1) is 0 Å². The van der Waals surface area contributed by atoms with Crippen LogP contribution in [0.25, 0.3) is 0 Å². The topological polar surface area (TPSA) is 12.0 Å². The van der Waals surface area contributed by atoms with Crippen molar-refractivity contribution in [2.45, 2.75) is 64.8 Å². The van der Waals surface area contributed by atoms with Crippen LogP contribution in [0, 0.1) is 0 Å². The van der Waals surface area contributed by atoms with Crippen LogP contribution >= 0.6 is 15.9 Å². The summed E-state index contributed by atoms with van der Waals surface area (Å²) in [5, 5.41) is 3.70. The van der Waals surface area contributed by atoms with Gasteiger partial charge in [0.25, 0.3) is 0 Å². The zero-order valence-corrected chi connectivity index (χ0v) is 14.0. The number of rotatable bonds is 10. The van der Waals surface area contributed by atoms with Gasteiger partial charge in [-0.25, -0.2) is 0 Å². The van der Waals surface area contributed by atoms with E-state index < -0.39 is 0 Å². The molecule has 108 valence electrons. The van der Waals surface area contributed by atoms with Crippen molar-refractivity contribution in [1.82, 2.24) is 5.32 Å². The number of hydrogen-bond acceptors (Lipinski definition) is 1. The van der Waals surface area contributed by atoms with Crippen molar-refractivity contribution in [2.75, 3.05) is 6.54 Å². The zero-order chi connectivity index (χ0) is 13.9. The summed E-state index contributed by atoms with van der Waals surface area (Å²) in [6.45, 7) is 5.64. The van der Waals surface area contributed by atoms with E-state index in [9.17, 15) is 0 Å². The molecular weight excluding hydrogens is 298 g/mol. The van der Waals surface area contributed by atoms with Crippen molar-refractivity contribution in [3.8, 4) is 0 Å². The Labute approximate surface area is 127 Å². The van der Waals surface area contributed by atoms with Gasteiger partial charge in [0.2, 0.25) is 0 Å². The molecule has 0 aliphatic carbocycles. The van der Waals surface area contributed by atoms with Gasteiger partial charge in [-0.15, -0.1) is 0 Å². The van der Waals surface area contributed by atoms with Crippen LogP contribution in [0.3, 0.4) is 0 Å². The lowest BCUT2D eigenvalue weighted by atomic mass is 10.00. The second-order valence-corrected chi connectivity index (χ2v) is 6.15. The minimum Gasteiger partial charge on any atom is -0.314 e. The summed E-state index contributed by atoms with van der Waals surface area (Å²) in [5.74, 6) is 0. The number of nitrogens with one attached hydrogen (secondary N) is 1. The first kappa shape index (κ1) is 16.7. The van der Waals surface area contributed by atoms with Crippen LogP contribution in [0.1, 0.15) is 57.9 Å².